The smallest absolute Gasteiger partial charge is 0.225 e. The molecular weight excluding hydrogens is 264 g/mol. The summed E-state index contributed by atoms with van der Waals surface area (Å²) < 4.78 is 0. The lowest BCUT2D eigenvalue weighted by atomic mass is 10.0. The number of amides is 2. The van der Waals surface area contributed by atoms with E-state index in [1.54, 1.807) is 0 Å². The summed E-state index contributed by atoms with van der Waals surface area (Å²) in [5, 5.41) is 6.30. The van der Waals surface area contributed by atoms with E-state index in [4.69, 9.17) is 11.6 Å². The molecule has 1 aromatic rings. The van der Waals surface area contributed by atoms with Gasteiger partial charge in [-0.25, -0.2) is 0 Å². The van der Waals surface area contributed by atoms with Crippen molar-refractivity contribution in [1.82, 2.24) is 10.6 Å². The Morgan fingerprint density at radius 2 is 2.37 bits per heavy atom. The van der Waals surface area contributed by atoms with Crippen LogP contribution < -0.4 is 10.6 Å². The van der Waals surface area contributed by atoms with Gasteiger partial charge in [-0.05, 0) is 31.0 Å². The molecule has 1 aromatic carbocycles. The zero-order valence-corrected chi connectivity index (χ0v) is 11.5. The van der Waals surface area contributed by atoms with Gasteiger partial charge in [-0.3, -0.25) is 9.59 Å². The van der Waals surface area contributed by atoms with Crippen molar-refractivity contribution in [2.75, 3.05) is 6.54 Å². The van der Waals surface area contributed by atoms with Crippen LogP contribution in [-0.4, -0.2) is 24.4 Å². The molecule has 2 rings (SSSR count). The zero-order valence-electron chi connectivity index (χ0n) is 10.8. The minimum absolute atomic E-state index is 0.0154. The molecule has 19 heavy (non-hydrogen) atoms. The van der Waals surface area contributed by atoms with E-state index in [0.717, 1.165) is 12.0 Å². The second kappa shape index (κ2) is 6.06. The molecule has 1 saturated heterocycles. The van der Waals surface area contributed by atoms with Crippen LogP contribution >= 0.6 is 11.6 Å². The molecule has 0 saturated carbocycles. The molecule has 1 aliphatic rings. The summed E-state index contributed by atoms with van der Waals surface area (Å²) in [5.41, 5.74) is 1.08. The molecule has 0 spiro atoms. The molecule has 0 bridgehead atoms. The van der Waals surface area contributed by atoms with Crippen LogP contribution in [0.1, 0.15) is 18.9 Å². The number of hydrogen-bond donors (Lipinski definition) is 2. The van der Waals surface area contributed by atoms with Crippen molar-refractivity contribution in [1.29, 1.82) is 0 Å². The summed E-state index contributed by atoms with van der Waals surface area (Å²) in [5.74, 6) is -0.357. The Kier molecular flexibility index (Phi) is 4.43. The van der Waals surface area contributed by atoms with Gasteiger partial charge in [-0.15, -0.1) is 0 Å². The van der Waals surface area contributed by atoms with E-state index in [1.165, 1.54) is 0 Å². The maximum atomic E-state index is 11.9. The first-order valence-electron chi connectivity index (χ1n) is 6.36. The molecule has 2 atom stereocenters. The molecule has 2 unspecified atom stereocenters. The first kappa shape index (κ1) is 13.9. The second-order valence-electron chi connectivity index (χ2n) is 4.95. The number of halogens is 1. The summed E-state index contributed by atoms with van der Waals surface area (Å²) in [4.78, 5) is 23.0. The molecule has 2 amide bonds. The van der Waals surface area contributed by atoms with E-state index in [9.17, 15) is 9.59 Å². The molecule has 0 aliphatic carbocycles. The van der Waals surface area contributed by atoms with Crippen LogP contribution in [-0.2, 0) is 16.0 Å². The third-order valence-electron chi connectivity index (χ3n) is 3.17. The van der Waals surface area contributed by atoms with Crippen molar-refractivity contribution in [3.63, 3.8) is 0 Å². The van der Waals surface area contributed by atoms with Gasteiger partial charge in [0, 0.05) is 24.0 Å². The normalized spacial score (nSPS) is 19.9. The van der Waals surface area contributed by atoms with E-state index in [-0.39, 0.29) is 30.2 Å². The topological polar surface area (TPSA) is 58.2 Å². The van der Waals surface area contributed by atoms with Crippen molar-refractivity contribution < 1.29 is 9.59 Å². The fourth-order valence-electron chi connectivity index (χ4n) is 2.22. The molecule has 0 radical (unpaired) electrons. The molecule has 102 valence electrons. The van der Waals surface area contributed by atoms with Gasteiger partial charge in [0.25, 0.3) is 0 Å². The molecule has 4 nitrogen and oxygen atoms in total. The van der Waals surface area contributed by atoms with Crippen LogP contribution in [0.2, 0.25) is 5.02 Å². The first-order valence-corrected chi connectivity index (χ1v) is 6.74. The van der Waals surface area contributed by atoms with Crippen molar-refractivity contribution in [2.45, 2.75) is 25.8 Å². The highest BCUT2D eigenvalue weighted by atomic mass is 35.5. The maximum Gasteiger partial charge on any atom is 0.225 e. The summed E-state index contributed by atoms with van der Waals surface area (Å²) in [7, 11) is 0. The Morgan fingerprint density at radius 3 is 3.00 bits per heavy atom. The zero-order chi connectivity index (χ0) is 13.8. The van der Waals surface area contributed by atoms with E-state index in [1.807, 2.05) is 31.2 Å². The Labute approximate surface area is 117 Å². The van der Waals surface area contributed by atoms with Crippen molar-refractivity contribution in [2.24, 2.45) is 5.92 Å². The summed E-state index contributed by atoms with van der Waals surface area (Å²) in [6.45, 7) is 2.39. The number of hydrogen-bond acceptors (Lipinski definition) is 2. The van der Waals surface area contributed by atoms with Gasteiger partial charge in [0.2, 0.25) is 11.8 Å². The predicted octanol–water partition coefficient (Wildman–Crippen LogP) is 1.52. The third kappa shape index (κ3) is 3.96. The Morgan fingerprint density at radius 1 is 1.58 bits per heavy atom. The Hall–Kier alpha value is -1.55. The average molecular weight is 281 g/mol. The van der Waals surface area contributed by atoms with Gasteiger partial charge < -0.3 is 10.6 Å². The summed E-state index contributed by atoms with van der Waals surface area (Å²) in [6, 6.07) is 7.61. The van der Waals surface area contributed by atoms with Crippen LogP contribution in [0, 0.1) is 5.92 Å². The molecule has 1 heterocycles. The summed E-state index contributed by atoms with van der Waals surface area (Å²) in [6.07, 6.45) is 1.01. The van der Waals surface area contributed by atoms with E-state index in [0.29, 0.717) is 11.6 Å². The summed E-state index contributed by atoms with van der Waals surface area (Å²) >= 11 is 5.92. The number of carbonyl (C=O) groups is 2. The number of benzene rings is 1. The van der Waals surface area contributed by atoms with Crippen LogP contribution in [0.15, 0.2) is 24.3 Å². The van der Waals surface area contributed by atoms with Gasteiger partial charge in [-0.1, -0.05) is 23.7 Å². The highest BCUT2D eigenvalue weighted by Crippen LogP contribution is 2.13. The van der Waals surface area contributed by atoms with Crippen LogP contribution in [0.25, 0.3) is 0 Å². The SMILES string of the molecule is CC(Cc1cccc(Cl)c1)NC(=O)C1CNC(=O)C1. The van der Waals surface area contributed by atoms with Crippen LogP contribution in [0.5, 0.6) is 0 Å². The molecule has 1 fully saturated rings. The first-order chi connectivity index (χ1) is 9.04. The van der Waals surface area contributed by atoms with Gasteiger partial charge in [0.15, 0.2) is 0 Å². The monoisotopic (exact) mass is 280 g/mol. The Balaban J connectivity index is 1.85. The van der Waals surface area contributed by atoms with Crippen molar-refractivity contribution >= 4 is 23.4 Å². The number of nitrogens with one attached hydrogen (secondary N) is 2. The van der Waals surface area contributed by atoms with Crippen molar-refractivity contribution in [3.8, 4) is 0 Å². The molecule has 2 N–H and O–H groups in total. The fourth-order valence-corrected chi connectivity index (χ4v) is 2.43. The van der Waals surface area contributed by atoms with Crippen LogP contribution in [0.3, 0.4) is 0 Å². The largest absolute Gasteiger partial charge is 0.355 e. The minimum atomic E-state index is -0.241. The highest BCUT2D eigenvalue weighted by Gasteiger charge is 2.28. The molecule has 5 heteroatoms. The average Bonchev–Trinajstić information content (AvgIpc) is 2.75. The third-order valence-corrected chi connectivity index (χ3v) is 3.40. The lowest BCUT2D eigenvalue weighted by molar-refractivity contribution is -0.127. The number of carbonyl (C=O) groups excluding carboxylic acids is 2. The van der Waals surface area contributed by atoms with Gasteiger partial charge in [0.1, 0.15) is 0 Å². The lowest BCUT2D eigenvalue weighted by Gasteiger charge is -2.16. The van der Waals surface area contributed by atoms with Gasteiger partial charge in [-0.2, -0.15) is 0 Å². The second-order valence-corrected chi connectivity index (χ2v) is 5.39. The van der Waals surface area contributed by atoms with Gasteiger partial charge >= 0.3 is 0 Å². The highest BCUT2D eigenvalue weighted by molar-refractivity contribution is 6.30. The maximum absolute atomic E-state index is 11.9. The standard InChI is InChI=1S/C14H17ClN2O2/c1-9(5-10-3-2-4-12(15)6-10)17-14(19)11-7-13(18)16-8-11/h2-4,6,9,11H,5,7-8H2,1H3,(H,16,18)(H,17,19). The quantitative estimate of drug-likeness (QED) is 0.879. The fraction of sp³-hybridized carbons (Fsp3) is 0.429. The molecule has 0 aromatic heterocycles. The molecule has 1 aliphatic heterocycles. The molecular formula is C14H17ClN2O2. The number of rotatable bonds is 4. The van der Waals surface area contributed by atoms with E-state index < -0.39 is 0 Å². The lowest BCUT2D eigenvalue weighted by Crippen LogP contribution is -2.39. The minimum Gasteiger partial charge on any atom is -0.355 e. The van der Waals surface area contributed by atoms with Crippen molar-refractivity contribution in [3.05, 3.63) is 34.9 Å². The van der Waals surface area contributed by atoms with Crippen LogP contribution in [0.4, 0.5) is 0 Å². The van der Waals surface area contributed by atoms with Gasteiger partial charge in [0.05, 0.1) is 5.92 Å². The van der Waals surface area contributed by atoms with E-state index in [2.05, 4.69) is 10.6 Å². The van der Waals surface area contributed by atoms with E-state index >= 15 is 0 Å². The predicted molar refractivity (Wildman–Crippen MR) is 73.9 cm³/mol. The Bertz CT molecular complexity index is 490.